The molecule has 0 fully saturated rings. The number of benzene rings is 4. The molecule has 5 rings (SSSR count). The van der Waals surface area contributed by atoms with Gasteiger partial charge in [-0.25, -0.2) is 4.39 Å². The molecule has 1 aliphatic heterocycles. The number of anilines is 1. The fraction of sp³-hybridized carbons (Fsp3) is 0.188. The minimum absolute atomic E-state index is 0.102. The molecule has 1 N–H and O–H groups in total. The Morgan fingerprint density at radius 2 is 1.35 bits per heavy atom. The van der Waals surface area contributed by atoms with Crippen molar-refractivity contribution in [2.24, 2.45) is 0 Å². The van der Waals surface area contributed by atoms with E-state index in [2.05, 4.69) is 5.32 Å². The lowest BCUT2D eigenvalue weighted by molar-refractivity contribution is -0.125. The lowest BCUT2D eigenvalue weighted by atomic mass is 9.75. The van der Waals surface area contributed by atoms with E-state index in [1.165, 1.54) is 24.3 Å². The normalized spacial score (nSPS) is 17.1. The van der Waals surface area contributed by atoms with Crippen LogP contribution in [0, 0.1) is 5.82 Å². The smallest absolute Gasteiger partial charge is 0.258 e. The fourth-order valence-electron chi connectivity index (χ4n) is 5.26. The molecule has 4 nitrogen and oxygen atoms in total. The Bertz CT molecular complexity index is 1360. The molecular formula is C32H29FN2O2. The standard InChI is InChI=1S/C32H29FN2O2/c1-22-21-28(27-15-9-10-16-29(27)35(22)30(36)23-17-19-26(33)20-18-23)34-31(37)32(2,24-11-5-3-6-12-24)25-13-7-4-8-14-25/h3-20,22,28H,21H2,1-2H3,(H,34,37). The van der Waals surface area contributed by atoms with Gasteiger partial charge in [0.25, 0.3) is 5.91 Å². The van der Waals surface area contributed by atoms with Crippen LogP contribution >= 0.6 is 0 Å². The van der Waals surface area contributed by atoms with Gasteiger partial charge >= 0.3 is 0 Å². The fourth-order valence-corrected chi connectivity index (χ4v) is 5.26. The van der Waals surface area contributed by atoms with Crippen LogP contribution in [-0.4, -0.2) is 17.9 Å². The van der Waals surface area contributed by atoms with Crippen LogP contribution in [0.3, 0.4) is 0 Å². The molecule has 0 aliphatic carbocycles. The monoisotopic (exact) mass is 492 g/mol. The van der Waals surface area contributed by atoms with Crippen molar-refractivity contribution < 1.29 is 14.0 Å². The number of hydrogen-bond acceptors (Lipinski definition) is 2. The molecule has 186 valence electrons. The molecule has 4 aromatic rings. The summed E-state index contributed by atoms with van der Waals surface area (Å²) in [5.74, 6) is -0.676. The van der Waals surface area contributed by atoms with Gasteiger partial charge < -0.3 is 10.2 Å². The van der Waals surface area contributed by atoms with E-state index < -0.39 is 5.41 Å². The summed E-state index contributed by atoms with van der Waals surface area (Å²) in [7, 11) is 0. The van der Waals surface area contributed by atoms with Gasteiger partial charge in [0.05, 0.1) is 11.5 Å². The lowest BCUT2D eigenvalue weighted by Gasteiger charge is -2.41. The van der Waals surface area contributed by atoms with Crippen molar-refractivity contribution in [2.75, 3.05) is 4.90 Å². The highest BCUT2D eigenvalue weighted by Crippen LogP contribution is 2.40. The summed E-state index contributed by atoms with van der Waals surface area (Å²) in [6, 6.07) is 32.4. The summed E-state index contributed by atoms with van der Waals surface area (Å²) in [6.07, 6.45) is 0.551. The first-order chi connectivity index (χ1) is 17.9. The minimum atomic E-state index is -0.901. The van der Waals surface area contributed by atoms with Crippen molar-refractivity contribution in [1.82, 2.24) is 5.32 Å². The summed E-state index contributed by atoms with van der Waals surface area (Å²) in [5.41, 5.74) is 2.97. The van der Waals surface area contributed by atoms with E-state index in [0.717, 1.165) is 22.4 Å². The van der Waals surface area contributed by atoms with Crippen molar-refractivity contribution >= 4 is 17.5 Å². The van der Waals surface area contributed by atoms with Crippen molar-refractivity contribution in [2.45, 2.75) is 37.8 Å². The first-order valence-electron chi connectivity index (χ1n) is 12.5. The van der Waals surface area contributed by atoms with Gasteiger partial charge in [0.2, 0.25) is 5.91 Å². The quantitative estimate of drug-likeness (QED) is 0.349. The highest BCUT2D eigenvalue weighted by atomic mass is 19.1. The Kier molecular flexibility index (Phi) is 6.62. The van der Waals surface area contributed by atoms with Crippen LogP contribution in [0.15, 0.2) is 109 Å². The van der Waals surface area contributed by atoms with Crippen molar-refractivity contribution in [3.05, 3.63) is 137 Å². The lowest BCUT2D eigenvalue weighted by Crippen LogP contribution is -2.49. The van der Waals surface area contributed by atoms with Gasteiger partial charge in [-0.2, -0.15) is 0 Å². The first-order valence-corrected chi connectivity index (χ1v) is 12.5. The summed E-state index contributed by atoms with van der Waals surface area (Å²) in [6.45, 7) is 3.93. The molecule has 1 heterocycles. The highest BCUT2D eigenvalue weighted by molar-refractivity contribution is 6.07. The predicted molar refractivity (Wildman–Crippen MR) is 144 cm³/mol. The predicted octanol–water partition coefficient (Wildman–Crippen LogP) is 6.43. The van der Waals surface area contributed by atoms with E-state index in [1.807, 2.05) is 98.8 Å². The molecule has 1 aliphatic rings. The minimum Gasteiger partial charge on any atom is -0.348 e. The number of carbonyl (C=O) groups is 2. The third kappa shape index (κ3) is 4.53. The molecule has 0 aromatic heterocycles. The number of carbonyl (C=O) groups excluding carboxylic acids is 2. The van der Waals surface area contributed by atoms with Gasteiger partial charge in [0.1, 0.15) is 5.82 Å². The maximum atomic E-state index is 14.1. The third-order valence-electron chi connectivity index (χ3n) is 7.36. The molecule has 0 saturated heterocycles. The molecule has 0 saturated carbocycles. The molecule has 5 heteroatoms. The molecule has 2 atom stereocenters. The zero-order chi connectivity index (χ0) is 26.0. The summed E-state index contributed by atoms with van der Waals surface area (Å²) in [4.78, 5) is 29.3. The zero-order valence-corrected chi connectivity index (χ0v) is 20.9. The SMILES string of the molecule is CC1CC(NC(=O)C(C)(c2ccccc2)c2ccccc2)c2ccccc2N1C(=O)c1ccc(F)cc1. The number of halogens is 1. The second-order valence-electron chi connectivity index (χ2n) is 9.71. The molecule has 0 bridgehead atoms. The first kappa shape index (κ1) is 24.4. The van der Waals surface area contributed by atoms with Crippen molar-refractivity contribution in [1.29, 1.82) is 0 Å². The maximum Gasteiger partial charge on any atom is 0.258 e. The van der Waals surface area contributed by atoms with Gasteiger partial charge in [-0.15, -0.1) is 0 Å². The zero-order valence-electron chi connectivity index (χ0n) is 20.9. The van der Waals surface area contributed by atoms with E-state index in [4.69, 9.17) is 0 Å². The Morgan fingerprint density at radius 3 is 1.95 bits per heavy atom. The topological polar surface area (TPSA) is 49.4 Å². The van der Waals surface area contributed by atoms with E-state index in [9.17, 15) is 14.0 Å². The third-order valence-corrected chi connectivity index (χ3v) is 7.36. The van der Waals surface area contributed by atoms with Crippen molar-refractivity contribution in [3.63, 3.8) is 0 Å². The van der Waals surface area contributed by atoms with Crippen LogP contribution < -0.4 is 10.2 Å². The molecule has 2 unspecified atom stereocenters. The number of hydrogen-bond donors (Lipinski definition) is 1. The number of fused-ring (bicyclic) bond motifs is 1. The number of nitrogens with zero attached hydrogens (tertiary/aromatic N) is 1. The highest BCUT2D eigenvalue weighted by Gasteiger charge is 2.41. The van der Waals surface area contributed by atoms with Crippen LogP contribution in [-0.2, 0) is 10.2 Å². The van der Waals surface area contributed by atoms with Crippen LogP contribution in [0.2, 0.25) is 0 Å². The number of rotatable bonds is 5. The van der Waals surface area contributed by atoms with Crippen LogP contribution in [0.1, 0.15) is 53.4 Å². The number of nitrogens with one attached hydrogen (secondary N) is 1. The Hall–Kier alpha value is -4.25. The summed E-state index contributed by atoms with van der Waals surface area (Å²) < 4.78 is 13.5. The van der Waals surface area contributed by atoms with Crippen LogP contribution in [0.25, 0.3) is 0 Å². The van der Waals surface area contributed by atoms with E-state index in [-0.39, 0.29) is 29.7 Å². The maximum absolute atomic E-state index is 14.1. The van der Waals surface area contributed by atoms with E-state index in [0.29, 0.717) is 12.0 Å². The Labute approximate surface area is 216 Å². The van der Waals surface area contributed by atoms with Gasteiger partial charge in [0.15, 0.2) is 0 Å². The molecular weight excluding hydrogens is 463 g/mol. The molecule has 37 heavy (non-hydrogen) atoms. The molecule has 2 amide bonds. The Morgan fingerprint density at radius 1 is 0.811 bits per heavy atom. The molecule has 0 spiro atoms. The molecule has 4 aromatic carbocycles. The number of amides is 2. The van der Waals surface area contributed by atoms with E-state index >= 15 is 0 Å². The van der Waals surface area contributed by atoms with Crippen LogP contribution in [0.4, 0.5) is 10.1 Å². The average molecular weight is 493 g/mol. The Balaban J connectivity index is 1.50. The second kappa shape index (κ2) is 10.0. The van der Waals surface area contributed by atoms with Gasteiger partial charge in [-0.05, 0) is 67.3 Å². The van der Waals surface area contributed by atoms with Crippen molar-refractivity contribution in [3.8, 4) is 0 Å². The summed E-state index contributed by atoms with van der Waals surface area (Å²) >= 11 is 0. The summed E-state index contributed by atoms with van der Waals surface area (Å²) in [5, 5.41) is 3.32. The van der Waals surface area contributed by atoms with Gasteiger partial charge in [-0.3, -0.25) is 9.59 Å². The average Bonchev–Trinajstić information content (AvgIpc) is 2.93. The van der Waals surface area contributed by atoms with E-state index in [1.54, 1.807) is 4.90 Å². The molecule has 0 radical (unpaired) electrons. The second-order valence-corrected chi connectivity index (χ2v) is 9.71. The van der Waals surface area contributed by atoms with Crippen LogP contribution in [0.5, 0.6) is 0 Å². The number of para-hydroxylation sites is 1. The van der Waals surface area contributed by atoms with Gasteiger partial charge in [0, 0.05) is 17.3 Å². The largest absolute Gasteiger partial charge is 0.348 e. The van der Waals surface area contributed by atoms with Gasteiger partial charge in [-0.1, -0.05) is 78.9 Å².